The predicted molar refractivity (Wildman–Crippen MR) is 123 cm³/mol. The van der Waals surface area contributed by atoms with Gasteiger partial charge in [0.1, 0.15) is 5.82 Å². The normalized spacial score (nSPS) is 24.6. The Balaban J connectivity index is 1.58. The Bertz CT molecular complexity index is 1160. The molecule has 1 N–H and O–H groups in total. The van der Waals surface area contributed by atoms with Gasteiger partial charge in [-0.3, -0.25) is 4.90 Å². The number of rotatable bonds is 7. The monoisotopic (exact) mass is 480 g/mol. The highest BCUT2D eigenvalue weighted by molar-refractivity contribution is 7.96. The van der Waals surface area contributed by atoms with Crippen LogP contribution in [0.4, 0.5) is 4.39 Å². The fourth-order valence-corrected chi connectivity index (χ4v) is 9.53. The summed E-state index contributed by atoms with van der Waals surface area (Å²) in [5, 5.41) is 2.19. The maximum Gasteiger partial charge on any atom is 0.183 e. The lowest BCUT2D eigenvalue weighted by atomic mass is 10.0. The summed E-state index contributed by atoms with van der Waals surface area (Å²) in [7, 11) is -7.47. The van der Waals surface area contributed by atoms with E-state index < -0.39 is 42.5 Å². The number of likely N-dealkylation sites (tertiary alicyclic amines) is 1. The van der Waals surface area contributed by atoms with Crippen molar-refractivity contribution in [1.82, 2.24) is 10.2 Å². The van der Waals surface area contributed by atoms with Crippen LogP contribution in [-0.2, 0) is 19.7 Å². The van der Waals surface area contributed by atoms with E-state index in [4.69, 9.17) is 0 Å². The molecule has 2 heterocycles. The summed E-state index contributed by atoms with van der Waals surface area (Å²) in [4.78, 5) is 2.32. The van der Waals surface area contributed by atoms with E-state index in [1.165, 1.54) is 19.1 Å². The Morgan fingerprint density at radius 2 is 1.78 bits per heavy atom. The van der Waals surface area contributed by atoms with Crippen molar-refractivity contribution in [3.63, 3.8) is 0 Å². The average molecular weight is 481 g/mol. The average Bonchev–Trinajstić information content (AvgIpc) is 3.39. The van der Waals surface area contributed by atoms with Gasteiger partial charge in [0.25, 0.3) is 0 Å². The zero-order chi connectivity index (χ0) is 22.9. The molecule has 0 radical (unpaired) electrons. The van der Waals surface area contributed by atoms with Gasteiger partial charge in [0.15, 0.2) is 19.7 Å². The first-order valence-electron chi connectivity index (χ1n) is 10.9. The van der Waals surface area contributed by atoms with Gasteiger partial charge in [-0.2, -0.15) is 0 Å². The van der Waals surface area contributed by atoms with Gasteiger partial charge in [-0.15, -0.1) is 0 Å². The van der Waals surface area contributed by atoms with Gasteiger partial charge >= 0.3 is 0 Å². The predicted octanol–water partition coefficient (Wildman–Crippen LogP) is 2.50. The minimum Gasteiger partial charge on any atom is -0.310 e. The van der Waals surface area contributed by atoms with E-state index in [0.717, 1.165) is 37.6 Å². The van der Waals surface area contributed by atoms with Crippen LogP contribution < -0.4 is 5.32 Å². The van der Waals surface area contributed by atoms with E-state index >= 15 is 0 Å². The summed E-state index contributed by atoms with van der Waals surface area (Å²) in [6, 6.07) is 12.9. The van der Waals surface area contributed by atoms with E-state index in [1.54, 1.807) is 0 Å². The van der Waals surface area contributed by atoms with Crippen LogP contribution in [0, 0.1) is 12.7 Å². The van der Waals surface area contributed by atoms with Crippen LogP contribution in [-0.4, -0.2) is 64.2 Å². The molecule has 2 aliphatic heterocycles. The molecule has 2 aromatic rings. The van der Waals surface area contributed by atoms with Gasteiger partial charge in [0, 0.05) is 18.6 Å². The van der Waals surface area contributed by atoms with E-state index in [1.807, 2.05) is 30.3 Å². The van der Waals surface area contributed by atoms with Crippen molar-refractivity contribution in [1.29, 1.82) is 0 Å². The maximum absolute atomic E-state index is 13.7. The van der Waals surface area contributed by atoms with E-state index in [2.05, 4.69) is 10.2 Å². The molecular formula is C23H29FN2O4S2. The van der Waals surface area contributed by atoms with Crippen LogP contribution >= 0.6 is 0 Å². The number of benzene rings is 2. The molecule has 2 aliphatic rings. The smallest absolute Gasteiger partial charge is 0.183 e. The van der Waals surface area contributed by atoms with Crippen molar-refractivity contribution in [2.75, 3.05) is 31.1 Å². The fourth-order valence-electron chi connectivity index (χ4n) is 4.73. The Labute approximate surface area is 189 Å². The zero-order valence-electron chi connectivity index (χ0n) is 18.1. The third-order valence-electron chi connectivity index (χ3n) is 6.50. The zero-order valence-corrected chi connectivity index (χ0v) is 19.7. The standard InChI is InChI=1S/C23H29FN2O4S2/c1-17-13-19(9-10-20(17)24)32(29,30)23-16-31(27,28)15-21(23)25-14-22(26-11-5-6-12-26)18-7-3-2-4-8-18/h2-4,7-10,13,21-23,25H,5-6,11-12,14-16H2,1H3/t21-,22?,23-/m0/s1. The highest BCUT2D eigenvalue weighted by Crippen LogP contribution is 2.29. The number of sulfone groups is 2. The molecule has 6 nitrogen and oxygen atoms in total. The van der Waals surface area contributed by atoms with Crippen LogP contribution in [0.1, 0.15) is 30.0 Å². The molecule has 0 aliphatic carbocycles. The molecule has 0 bridgehead atoms. The van der Waals surface area contributed by atoms with Gasteiger partial charge in [-0.05, 0) is 62.2 Å². The second-order valence-electron chi connectivity index (χ2n) is 8.76. The van der Waals surface area contributed by atoms with Crippen molar-refractivity contribution < 1.29 is 21.2 Å². The van der Waals surface area contributed by atoms with E-state index in [0.29, 0.717) is 6.54 Å². The minimum absolute atomic E-state index is 0.0375. The van der Waals surface area contributed by atoms with Gasteiger partial charge < -0.3 is 5.32 Å². The van der Waals surface area contributed by atoms with E-state index in [-0.39, 0.29) is 22.3 Å². The summed E-state index contributed by atoms with van der Waals surface area (Å²) in [6.07, 6.45) is 2.23. The molecule has 4 rings (SSSR count). The SMILES string of the molecule is Cc1cc(S(=O)(=O)[C@H]2CS(=O)(=O)C[C@@H]2NCC(c2ccccc2)N2CCCC2)ccc1F. The van der Waals surface area contributed by atoms with Crippen LogP contribution in [0.25, 0.3) is 0 Å². The second kappa shape index (κ2) is 9.21. The maximum atomic E-state index is 13.7. The highest BCUT2D eigenvalue weighted by atomic mass is 32.2. The van der Waals surface area contributed by atoms with Gasteiger partial charge in [-0.1, -0.05) is 30.3 Å². The molecule has 3 atom stereocenters. The van der Waals surface area contributed by atoms with Gasteiger partial charge in [0.05, 0.1) is 21.7 Å². The number of nitrogens with one attached hydrogen (secondary N) is 1. The summed E-state index contributed by atoms with van der Waals surface area (Å²) in [5.74, 6) is -1.14. The van der Waals surface area contributed by atoms with E-state index in [9.17, 15) is 21.2 Å². The first kappa shape index (κ1) is 23.4. The van der Waals surface area contributed by atoms with Crippen molar-refractivity contribution in [2.24, 2.45) is 0 Å². The Kier molecular flexibility index (Phi) is 6.72. The van der Waals surface area contributed by atoms with Crippen molar-refractivity contribution >= 4 is 19.7 Å². The fraction of sp³-hybridized carbons (Fsp3) is 0.478. The Hall–Kier alpha value is -1.81. The first-order valence-corrected chi connectivity index (χ1v) is 14.3. The first-order chi connectivity index (χ1) is 15.2. The van der Waals surface area contributed by atoms with Crippen LogP contribution in [0.2, 0.25) is 0 Å². The molecule has 0 spiro atoms. The van der Waals surface area contributed by atoms with Crippen LogP contribution in [0.15, 0.2) is 53.4 Å². The molecule has 2 aromatic carbocycles. The summed E-state index contributed by atoms with van der Waals surface area (Å²) in [5.41, 5.74) is 1.34. The number of aryl methyl sites for hydroxylation is 1. The van der Waals surface area contributed by atoms with Crippen molar-refractivity contribution in [2.45, 2.75) is 42.0 Å². The molecule has 32 heavy (non-hydrogen) atoms. The minimum atomic E-state index is -3.95. The summed E-state index contributed by atoms with van der Waals surface area (Å²) < 4.78 is 65.2. The molecule has 0 saturated carbocycles. The summed E-state index contributed by atoms with van der Waals surface area (Å²) in [6.45, 7) is 3.87. The number of hydrogen-bond acceptors (Lipinski definition) is 6. The largest absolute Gasteiger partial charge is 0.310 e. The summed E-state index contributed by atoms with van der Waals surface area (Å²) >= 11 is 0. The quantitative estimate of drug-likeness (QED) is 0.613. The lowest BCUT2D eigenvalue weighted by Gasteiger charge is -2.30. The van der Waals surface area contributed by atoms with Crippen molar-refractivity contribution in [3.8, 4) is 0 Å². The highest BCUT2D eigenvalue weighted by Gasteiger charge is 2.46. The van der Waals surface area contributed by atoms with Crippen LogP contribution in [0.3, 0.4) is 0 Å². The molecule has 2 saturated heterocycles. The molecule has 9 heteroatoms. The molecule has 0 aromatic heterocycles. The molecule has 174 valence electrons. The Morgan fingerprint density at radius 1 is 1.09 bits per heavy atom. The lowest BCUT2D eigenvalue weighted by Crippen LogP contribution is -2.46. The number of halogens is 1. The molecule has 0 amide bonds. The van der Waals surface area contributed by atoms with Crippen LogP contribution in [0.5, 0.6) is 0 Å². The molecule has 1 unspecified atom stereocenters. The topological polar surface area (TPSA) is 83.5 Å². The van der Waals surface area contributed by atoms with Gasteiger partial charge in [-0.25, -0.2) is 21.2 Å². The molecular weight excluding hydrogens is 451 g/mol. The second-order valence-corrected chi connectivity index (χ2v) is 13.1. The number of hydrogen-bond donors (Lipinski definition) is 1. The van der Waals surface area contributed by atoms with Gasteiger partial charge in [0.2, 0.25) is 0 Å². The third-order valence-corrected chi connectivity index (χ3v) is 10.6. The third kappa shape index (κ3) is 4.90. The number of nitrogens with zero attached hydrogens (tertiary/aromatic N) is 1. The Morgan fingerprint density at radius 3 is 2.44 bits per heavy atom. The van der Waals surface area contributed by atoms with Crippen molar-refractivity contribution in [3.05, 3.63) is 65.5 Å². The lowest BCUT2D eigenvalue weighted by molar-refractivity contribution is 0.234. The molecule has 2 fully saturated rings.